The van der Waals surface area contributed by atoms with E-state index in [-0.39, 0.29) is 18.1 Å². The Hall–Kier alpha value is -1.75. The van der Waals surface area contributed by atoms with Gasteiger partial charge >= 0.3 is 6.03 Å². The summed E-state index contributed by atoms with van der Waals surface area (Å²) in [7, 11) is 3.39. The third-order valence-electron chi connectivity index (χ3n) is 4.40. The Bertz CT molecular complexity index is 519. The lowest BCUT2D eigenvalue weighted by Crippen LogP contribution is -2.40. The largest absolute Gasteiger partial charge is 0.497 e. The fraction of sp³-hybridized carbons (Fsp3) is 0.588. The van der Waals surface area contributed by atoms with Crippen molar-refractivity contribution in [1.29, 1.82) is 0 Å². The number of nitrogens with one attached hydrogen (secondary N) is 1. The second-order valence-electron chi connectivity index (χ2n) is 6.10. The highest BCUT2D eigenvalue weighted by Crippen LogP contribution is 2.25. The van der Waals surface area contributed by atoms with Crippen LogP contribution in [0.3, 0.4) is 0 Å². The minimum Gasteiger partial charge on any atom is -0.497 e. The van der Waals surface area contributed by atoms with Crippen LogP contribution in [-0.4, -0.2) is 42.8 Å². The van der Waals surface area contributed by atoms with E-state index in [2.05, 4.69) is 5.32 Å². The summed E-state index contributed by atoms with van der Waals surface area (Å²) in [5, 5.41) is 12.9. The van der Waals surface area contributed by atoms with Crippen LogP contribution in [0.15, 0.2) is 18.2 Å². The number of methoxy groups -OCH3 is 1. The minimum atomic E-state index is -0.285. The third-order valence-corrected chi connectivity index (χ3v) is 4.40. The van der Waals surface area contributed by atoms with Gasteiger partial charge in [-0.05, 0) is 43.5 Å². The highest BCUT2D eigenvalue weighted by atomic mass is 16.5. The number of hydrogen-bond donors (Lipinski definition) is 2. The Kier molecular flexibility index (Phi) is 5.66. The van der Waals surface area contributed by atoms with Crippen molar-refractivity contribution >= 4 is 11.7 Å². The Labute approximate surface area is 132 Å². The second kappa shape index (κ2) is 7.49. The van der Waals surface area contributed by atoms with E-state index in [1.807, 2.05) is 25.1 Å². The van der Waals surface area contributed by atoms with E-state index in [0.717, 1.165) is 42.7 Å². The Balaban J connectivity index is 1.93. The Morgan fingerprint density at radius 2 is 2.14 bits per heavy atom. The first-order valence-electron chi connectivity index (χ1n) is 7.86. The summed E-state index contributed by atoms with van der Waals surface area (Å²) in [6.45, 7) is 2.52. The molecule has 0 heterocycles. The van der Waals surface area contributed by atoms with Gasteiger partial charge in [-0.15, -0.1) is 0 Å². The number of aliphatic hydroxyl groups excluding tert-OH is 1. The van der Waals surface area contributed by atoms with E-state index >= 15 is 0 Å². The minimum absolute atomic E-state index is 0.147. The normalized spacial score (nSPS) is 21.3. The van der Waals surface area contributed by atoms with Crippen molar-refractivity contribution in [1.82, 2.24) is 4.90 Å². The third kappa shape index (κ3) is 4.13. The Morgan fingerprint density at radius 3 is 2.77 bits per heavy atom. The molecule has 2 rings (SSSR count). The van der Waals surface area contributed by atoms with Crippen LogP contribution in [-0.2, 0) is 0 Å². The highest BCUT2D eigenvalue weighted by Gasteiger charge is 2.25. The molecule has 2 amide bonds. The zero-order valence-corrected chi connectivity index (χ0v) is 13.6. The van der Waals surface area contributed by atoms with Crippen LogP contribution >= 0.6 is 0 Å². The number of ether oxygens (including phenoxy) is 1. The molecule has 1 aromatic rings. The van der Waals surface area contributed by atoms with Crippen LogP contribution in [0.2, 0.25) is 0 Å². The van der Waals surface area contributed by atoms with Gasteiger partial charge in [0, 0.05) is 25.2 Å². The zero-order chi connectivity index (χ0) is 16.1. The molecule has 0 saturated heterocycles. The summed E-state index contributed by atoms with van der Waals surface area (Å²) < 4.78 is 5.16. The van der Waals surface area contributed by atoms with Gasteiger partial charge < -0.3 is 20.1 Å². The van der Waals surface area contributed by atoms with Crippen molar-refractivity contribution in [3.05, 3.63) is 23.8 Å². The maximum atomic E-state index is 12.3. The first-order chi connectivity index (χ1) is 10.5. The number of nitrogens with zero attached hydrogens (tertiary/aromatic N) is 1. The molecule has 0 bridgehead atoms. The van der Waals surface area contributed by atoms with Crippen molar-refractivity contribution < 1.29 is 14.6 Å². The molecule has 2 atom stereocenters. The average molecular weight is 306 g/mol. The van der Waals surface area contributed by atoms with Crippen molar-refractivity contribution in [3.63, 3.8) is 0 Å². The van der Waals surface area contributed by atoms with Gasteiger partial charge in [-0.25, -0.2) is 4.79 Å². The van der Waals surface area contributed by atoms with Gasteiger partial charge in [-0.3, -0.25) is 0 Å². The first-order valence-corrected chi connectivity index (χ1v) is 7.86. The van der Waals surface area contributed by atoms with E-state index in [1.54, 1.807) is 19.1 Å². The molecule has 1 aliphatic carbocycles. The maximum absolute atomic E-state index is 12.3. The van der Waals surface area contributed by atoms with Crippen molar-refractivity contribution in [2.24, 2.45) is 5.92 Å². The zero-order valence-electron chi connectivity index (χ0n) is 13.6. The molecule has 0 aliphatic heterocycles. The summed E-state index contributed by atoms with van der Waals surface area (Å²) in [6, 6.07) is 5.41. The second-order valence-corrected chi connectivity index (χ2v) is 6.10. The molecule has 0 radical (unpaired) electrons. The van der Waals surface area contributed by atoms with Crippen molar-refractivity contribution in [2.45, 2.75) is 38.7 Å². The molecule has 2 unspecified atom stereocenters. The van der Waals surface area contributed by atoms with Crippen LogP contribution in [0.4, 0.5) is 10.5 Å². The standard InChI is InChI=1S/C17H26N2O3/c1-12-10-14(22-3)8-9-15(12)18-17(21)19(2)11-13-6-4-5-7-16(13)20/h8-10,13,16,20H,4-7,11H2,1-3H3,(H,18,21). The maximum Gasteiger partial charge on any atom is 0.321 e. The van der Waals surface area contributed by atoms with Crippen molar-refractivity contribution in [2.75, 3.05) is 26.0 Å². The number of aryl methyl sites for hydroxylation is 1. The molecular formula is C17H26N2O3. The quantitative estimate of drug-likeness (QED) is 0.899. The van der Waals surface area contributed by atoms with Gasteiger partial charge in [0.05, 0.1) is 13.2 Å². The molecular weight excluding hydrogens is 280 g/mol. The van der Waals surface area contributed by atoms with Gasteiger partial charge in [0.2, 0.25) is 0 Å². The lowest BCUT2D eigenvalue weighted by Gasteiger charge is -2.31. The molecule has 2 N–H and O–H groups in total. The number of benzene rings is 1. The monoisotopic (exact) mass is 306 g/mol. The molecule has 1 saturated carbocycles. The number of carbonyl (C=O) groups excluding carboxylic acids is 1. The highest BCUT2D eigenvalue weighted by molar-refractivity contribution is 5.90. The number of anilines is 1. The lowest BCUT2D eigenvalue weighted by atomic mass is 9.86. The fourth-order valence-corrected chi connectivity index (χ4v) is 2.95. The van der Waals surface area contributed by atoms with E-state index in [9.17, 15) is 9.90 Å². The van der Waals surface area contributed by atoms with Crippen LogP contribution in [0.25, 0.3) is 0 Å². The Morgan fingerprint density at radius 1 is 1.41 bits per heavy atom. The van der Waals surface area contributed by atoms with E-state index in [4.69, 9.17) is 4.74 Å². The molecule has 22 heavy (non-hydrogen) atoms. The van der Waals surface area contributed by atoms with Gasteiger partial charge in [0.25, 0.3) is 0 Å². The molecule has 1 fully saturated rings. The molecule has 5 heteroatoms. The van der Waals surface area contributed by atoms with Crippen molar-refractivity contribution in [3.8, 4) is 5.75 Å². The number of urea groups is 1. The molecule has 0 aromatic heterocycles. The predicted molar refractivity (Wildman–Crippen MR) is 87.3 cm³/mol. The summed E-state index contributed by atoms with van der Waals surface area (Å²) >= 11 is 0. The van der Waals surface area contributed by atoms with E-state index in [1.165, 1.54) is 0 Å². The average Bonchev–Trinajstić information content (AvgIpc) is 2.51. The predicted octanol–water partition coefficient (Wildman–Crippen LogP) is 3.02. The molecule has 1 aromatic carbocycles. The molecule has 0 spiro atoms. The topological polar surface area (TPSA) is 61.8 Å². The first kappa shape index (κ1) is 16.6. The fourth-order valence-electron chi connectivity index (χ4n) is 2.95. The van der Waals surface area contributed by atoms with Crippen LogP contribution in [0.5, 0.6) is 5.75 Å². The summed E-state index contributed by atoms with van der Waals surface area (Å²) in [6.07, 6.45) is 3.76. The number of rotatable bonds is 4. The number of carbonyl (C=O) groups is 1. The van der Waals surface area contributed by atoms with E-state index in [0.29, 0.717) is 6.54 Å². The molecule has 1 aliphatic rings. The van der Waals surface area contributed by atoms with Gasteiger partial charge in [0.15, 0.2) is 0 Å². The summed E-state index contributed by atoms with van der Waals surface area (Å²) in [5.74, 6) is 0.954. The number of aliphatic hydroxyl groups is 1. The SMILES string of the molecule is COc1ccc(NC(=O)N(C)CC2CCCCC2O)c(C)c1. The smallest absolute Gasteiger partial charge is 0.321 e. The van der Waals surface area contributed by atoms with E-state index < -0.39 is 0 Å². The summed E-state index contributed by atoms with van der Waals surface area (Å²) in [4.78, 5) is 14.0. The van der Waals surface area contributed by atoms with Crippen LogP contribution < -0.4 is 10.1 Å². The van der Waals surface area contributed by atoms with Crippen LogP contribution in [0, 0.1) is 12.8 Å². The van der Waals surface area contributed by atoms with Gasteiger partial charge in [-0.2, -0.15) is 0 Å². The molecule has 5 nitrogen and oxygen atoms in total. The molecule has 122 valence electrons. The number of amides is 2. The summed E-state index contributed by atoms with van der Waals surface area (Å²) in [5.41, 5.74) is 1.74. The number of hydrogen-bond acceptors (Lipinski definition) is 3. The lowest BCUT2D eigenvalue weighted by molar-refractivity contribution is 0.0575. The van der Waals surface area contributed by atoms with Crippen LogP contribution in [0.1, 0.15) is 31.2 Å². The van der Waals surface area contributed by atoms with Gasteiger partial charge in [0.1, 0.15) is 5.75 Å². The van der Waals surface area contributed by atoms with Gasteiger partial charge in [-0.1, -0.05) is 12.8 Å².